The van der Waals surface area contributed by atoms with Gasteiger partial charge in [-0.15, -0.1) is 0 Å². The summed E-state index contributed by atoms with van der Waals surface area (Å²) < 4.78 is 45.9. The van der Waals surface area contributed by atoms with Gasteiger partial charge in [0, 0.05) is 24.0 Å². The summed E-state index contributed by atoms with van der Waals surface area (Å²) in [4.78, 5) is 66.0. The molecule has 2 aromatic carbocycles. The van der Waals surface area contributed by atoms with Gasteiger partial charge in [-0.1, -0.05) is 26.0 Å². The highest BCUT2D eigenvalue weighted by Crippen LogP contribution is 2.46. The zero-order chi connectivity index (χ0) is 42.2. The summed E-state index contributed by atoms with van der Waals surface area (Å²) >= 11 is 0. The number of benzene rings is 2. The van der Waals surface area contributed by atoms with Gasteiger partial charge in [-0.25, -0.2) is 18.2 Å². The molecule has 4 N–H and O–H groups in total. The largest absolute Gasteiger partial charge is 0.497 e. The summed E-state index contributed by atoms with van der Waals surface area (Å²) in [5.74, 6) is -1.19. The van der Waals surface area contributed by atoms with Crippen LogP contribution in [0.25, 0.3) is 22.3 Å². The third-order valence-corrected chi connectivity index (χ3v) is 13.3. The third-order valence-electron chi connectivity index (χ3n) is 11.5. The van der Waals surface area contributed by atoms with Gasteiger partial charge < -0.3 is 34.9 Å². The number of fused-ring (bicyclic) bond motifs is 3. The number of carboxylic acid groups (broad SMARTS) is 1. The molecule has 2 aliphatic carbocycles. The van der Waals surface area contributed by atoms with Gasteiger partial charge in [0.15, 0.2) is 5.82 Å². The van der Waals surface area contributed by atoms with E-state index < -0.39 is 74.7 Å². The maximum Gasteiger partial charge on any atom is 0.405 e. The van der Waals surface area contributed by atoms with E-state index in [-0.39, 0.29) is 37.3 Å². The second kappa shape index (κ2) is 16.7. The van der Waals surface area contributed by atoms with Crippen LogP contribution in [0.3, 0.4) is 0 Å². The van der Waals surface area contributed by atoms with E-state index in [1.807, 2.05) is 57.2 Å². The van der Waals surface area contributed by atoms with Crippen molar-refractivity contribution in [3.8, 4) is 28.8 Å². The van der Waals surface area contributed by atoms with Crippen LogP contribution in [-0.2, 0) is 24.4 Å². The zero-order valence-electron chi connectivity index (χ0n) is 33.8. The number of carbonyl (C=O) groups is 4. The van der Waals surface area contributed by atoms with Gasteiger partial charge in [0.1, 0.15) is 35.2 Å². The minimum Gasteiger partial charge on any atom is -0.497 e. The fourth-order valence-electron chi connectivity index (χ4n) is 8.17. The molecule has 4 amide bonds. The van der Waals surface area contributed by atoms with Crippen LogP contribution in [0.1, 0.15) is 72.6 Å². The average Bonchev–Trinajstić information content (AvgIpc) is 4.11. The first-order valence-electron chi connectivity index (χ1n) is 20.2. The van der Waals surface area contributed by atoms with Gasteiger partial charge in [0.2, 0.25) is 27.7 Å². The Morgan fingerprint density at radius 3 is 2.42 bits per heavy atom. The minimum absolute atomic E-state index is 0.0181. The molecule has 3 aromatic rings. The summed E-state index contributed by atoms with van der Waals surface area (Å²) in [6.45, 7) is 7.59. The molecular formula is C42H52N6O10S. The van der Waals surface area contributed by atoms with E-state index in [4.69, 9.17) is 24.2 Å². The van der Waals surface area contributed by atoms with Crippen LogP contribution in [0.15, 0.2) is 54.6 Å². The molecule has 0 radical (unpaired) electrons. The van der Waals surface area contributed by atoms with E-state index in [9.17, 15) is 32.7 Å². The van der Waals surface area contributed by atoms with Crippen LogP contribution < -0.4 is 29.6 Å². The van der Waals surface area contributed by atoms with Crippen LogP contribution in [0, 0.1) is 17.8 Å². The summed E-state index contributed by atoms with van der Waals surface area (Å²) in [5, 5.41) is 15.0. The number of carbonyl (C=O) groups excluding carboxylic acids is 3. The molecule has 4 aliphatic rings. The Bertz CT molecular complexity index is 2250. The Kier molecular flexibility index (Phi) is 11.8. The van der Waals surface area contributed by atoms with Crippen LogP contribution in [0.5, 0.6) is 17.4 Å². The van der Waals surface area contributed by atoms with Crippen molar-refractivity contribution >= 4 is 44.7 Å². The molecule has 0 spiro atoms. The van der Waals surface area contributed by atoms with Crippen LogP contribution in [-0.4, -0.2) is 101 Å². The van der Waals surface area contributed by atoms with Gasteiger partial charge in [-0.05, 0) is 101 Å². The lowest BCUT2D eigenvalue weighted by Crippen LogP contribution is -2.59. The lowest BCUT2D eigenvalue weighted by Gasteiger charge is -2.32. The SMILES string of the molecule is COc1ccc2c(O[C@@H]3C[C@H]4C(=O)N[C@]5(C(=O)NS(=O)(=O)C6CC6)C[C@H]5/C=C\CC[C@H](C)C[C@@H](C)[C@H](NC(=O)O)C(=O)N4C3)nc(-c3ccc(OC(C)C)cc3)nc2c1. The Balaban J connectivity index is 1.24. The van der Waals surface area contributed by atoms with Crippen molar-refractivity contribution in [1.82, 2.24) is 30.2 Å². The fourth-order valence-corrected chi connectivity index (χ4v) is 9.53. The zero-order valence-corrected chi connectivity index (χ0v) is 34.7. The standard InChI is InChI=1S/C42H52N6O10S/c1-23(2)57-28-12-10-26(11-13-28)36-43-33-19-29(56-5)14-17-32(33)38(45-36)58-30-20-34-37(49)46-42(40(51)47-59(54,55)31-15-16-31)21-27(42)9-7-6-8-24(3)18-25(4)35(44-41(52)53)39(50)48(34)22-30/h7,9-14,17,19,23-25,27,30-31,34-35,44H,6,8,15-16,18,20-22H2,1-5H3,(H,46,49)(H,47,51)(H,52,53)/b9-7-/t24-,25+,27+,30+,34-,35-,42+/m0/s1. The molecule has 59 heavy (non-hydrogen) atoms. The molecule has 1 saturated heterocycles. The molecule has 2 aliphatic heterocycles. The molecular weight excluding hydrogens is 781 g/mol. The first kappa shape index (κ1) is 41.7. The van der Waals surface area contributed by atoms with Crippen molar-refractivity contribution in [2.24, 2.45) is 17.8 Å². The van der Waals surface area contributed by atoms with Crippen molar-refractivity contribution in [2.45, 2.75) is 108 Å². The number of methoxy groups -OCH3 is 1. The topological polar surface area (TPSA) is 215 Å². The minimum atomic E-state index is -3.94. The van der Waals surface area contributed by atoms with E-state index in [0.29, 0.717) is 59.5 Å². The van der Waals surface area contributed by atoms with Crippen LogP contribution >= 0.6 is 0 Å². The first-order valence-corrected chi connectivity index (χ1v) is 21.8. The highest BCUT2D eigenvalue weighted by molar-refractivity contribution is 7.91. The summed E-state index contributed by atoms with van der Waals surface area (Å²) in [7, 11) is -2.39. The van der Waals surface area contributed by atoms with Crippen molar-refractivity contribution in [3.05, 3.63) is 54.6 Å². The molecule has 17 heteroatoms. The molecule has 316 valence electrons. The van der Waals surface area contributed by atoms with Crippen LogP contribution in [0.4, 0.5) is 4.79 Å². The first-order chi connectivity index (χ1) is 28.1. The third kappa shape index (κ3) is 9.24. The highest BCUT2D eigenvalue weighted by atomic mass is 32.2. The summed E-state index contributed by atoms with van der Waals surface area (Å²) in [6, 6.07) is 10.1. The number of sulfonamides is 1. The smallest absolute Gasteiger partial charge is 0.405 e. The molecule has 0 bridgehead atoms. The molecule has 3 heterocycles. The monoisotopic (exact) mass is 832 g/mol. The average molecular weight is 833 g/mol. The van der Waals surface area contributed by atoms with Crippen molar-refractivity contribution in [1.29, 1.82) is 0 Å². The van der Waals surface area contributed by atoms with Gasteiger partial charge >= 0.3 is 6.09 Å². The number of hydrogen-bond acceptors (Lipinski definition) is 11. The fraction of sp³-hybridized carbons (Fsp3) is 0.524. The number of amides is 4. The molecule has 16 nitrogen and oxygen atoms in total. The Hall–Kier alpha value is -5.45. The maximum absolute atomic E-state index is 14.6. The Morgan fingerprint density at radius 1 is 1.02 bits per heavy atom. The van der Waals surface area contributed by atoms with Crippen molar-refractivity contribution in [3.63, 3.8) is 0 Å². The lowest BCUT2D eigenvalue weighted by atomic mass is 9.88. The van der Waals surface area contributed by atoms with E-state index in [1.54, 1.807) is 32.2 Å². The predicted octanol–water partition coefficient (Wildman–Crippen LogP) is 4.57. The van der Waals surface area contributed by atoms with Gasteiger partial charge in [0.25, 0.3) is 5.91 Å². The lowest BCUT2D eigenvalue weighted by molar-refractivity contribution is -0.142. The van der Waals surface area contributed by atoms with Crippen molar-refractivity contribution in [2.75, 3.05) is 13.7 Å². The quantitative estimate of drug-likeness (QED) is 0.207. The number of aromatic nitrogens is 2. The number of rotatable bonds is 10. The van der Waals surface area contributed by atoms with Gasteiger partial charge in [0.05, 0.1) is 35.9 Å². The number of hydrogen-bond donors (Lipinski definition) is 4. The molecule has 0 unspecified atom stereocenters. The normalized spacial score (nSPS) is 28.0. The number of ether oxygens (including phenoxy) is 3. The second-order valence-corrected chi connectivity index (χ2v) is 18.6. The van der Waals surface area contributed by atoms with E-state index in [2.05, 4.69) is 15.4 Å². The predicted molar refractivity (Wildman–Crippen MR) is 217 cm³/mol. The van der Waals surface area contributed by atoms with Crippen LogP contribution in [0.2, 0.25) is 0 Å². The van der Waals surface area contributed by atoms with E-state index in [0.717, 1.165) is 6.42 Å². The van der Waals surface area contributed by atoms with E-state index >= 15 is 0 Å². The van der Waals surface area contributed by atoms with Crippen molar-refractivity contribution < 1.29 is 46.9 Å². The highest BCUT2D eigenvalue weighted by Gasteiger charge is 2.62. The van der Waals surface area contributed by atoms with Gasteiger partial charge in [-0.2, -0.15) is 4.98 Å². The van der Waals surface area contributed by atoms with Gasteiger partial charge in [-0.3, -0.25) is 19.1 Å². The number of allylic oxidation sites excluding steroid dienone is 1. The molecule has 3 fully saturated rings. The Morgan fingerprint density at radius 2 is 1.75 bits per heavy atom. The summed E-state index contributed by atoms with van der Waals surface area (Å²) in [6.07, 6.45) is 4.45. The number of nitrogens with zero attached hydrogens (tertiary/aromatic N) is 3. The number of nitrogens with one attached hydrogen (secondary N) is 3. The van der Waals surface area contributed by atoms with E-state index in [1.165, 1.54) is 4.90 Å². The second-order valence-electron chi connectivity index (χ2n) is 16.6. The Labute approximate surface area is 343 Å². The summed E-state index contributed by atoms with van der Waals surface area (Å²) in [5.41, 5.74) is -0.368. The maximum atomic E-state index is 14.6. The molecule has 1 aromatic heterocycles. The molecule has 7 rings (SSSR count). The molecule has 2 saturated carbocycles. The molecule has 7 atom stereocenters.